The molecule has 0 unspecified atom stereocenters. The smallest absolute Gasteiger partial charge is 0.250 e. The van der Waals surface area contributed by atoms with Gasteiger partial charge in [0, 0.05) is 16.8 Å². The largest absolute Gasteiger partial charge is 0.507 e. The van der Waals surface area contributed by atoms with Crippen molar-refractivity contribution in [2.45, 2.75) is 5.16 Å². The lowest BCUT2D eigenvalue weighted by molar-refractivity contribution is -0.118. The van der Waals surface area contributed by atoms with Gasteiger partial charge in [-0.05, 0) is 42.5 Å². The van der Waals surface area contributed by atoms with E-state index in [1.54, 1.807) is 38.5 Å². The van der Waals surface area contributed by atoms with Crippen LogP contribution in [-0.4, -0.2) is 66.2 Å². The molecule has 2 N–H and O–H groups in total. The molecule has 0 aliphatic heterocycles. The highest BCUT2D eigenvalue weighted by Crippen LogP contribution is 2.41. The van der Waals surface area contributed by atoms with Crippen LogP contribution in [0.2, 0.25) is 0 Å². The van der Waals surface area contributed by atoms with Gasteiger partial charge in [0.05, 0.1) is 40.4 Å². The number of ether oxygens (including phenoxy) is 4. The number of nitrogens with zero attached hydrogens (tertiary/aromatic N) is 4. The zero-order valence-electron chi connectivity index (χ0n) is 21.7. The Morgan fingerprint density at radius 1 is 0.974 bits per heavy atom. The van der Waals surface area contributed by atoms with E-state index in [1.807, 2.05) is 34.9 Å². The molecule has 12 heteroatoms. The number of carbonyl (C=O) groups excluding carboxylic acids is 1. The van der Waals surface area contributed by atoms with Crippen LogP contribution in [0.3, 0.4) is 0 Å². The summed E-state index contributed by atoms with van der Waals surface area (Å²) in [4.78, 5) is 12.5. The Hall–Kier alpha value is -4.71. The van der Waals surface area contributed by atoms with Crippen LogP contribution < -0.4 is 24.4 Å². The number of hydrogen-bond acceptors (Lipinski definition) is 10. The first-order valence-electron chi connectivity index (χ1n) is 11.6. The number of aromatic hydroxyl groups is 1. The molecule has 1 heterocycles. The van der Waals surface area contributed by atoms with Gasteiger partial charge >= 0.3 is 0 Å². The summed E-state index contributed by atoms with van der Waals surface area (Å²) in [6, 6.07) is 17.8. The van der Waals surface area contributed by atoms with Crippen molar-refractivity contribution in [2.24, 2.45) is 5.10 Å². The molecular weight excluding hydrogens is 522 g/mol. The lowest BCUT2D eigenvalue weighted by Gasteiger charge is -2.15. The van der Waals surface area contributed by atoms with E-state index in [1.165, 1.54) is 38.3 Å². The number of rotatable bonds is 11. The first-order valence-corrected chi connectivity index (χ1v) is 12.6. The van der Waals surface area contributed by atoms with Gasteiger partial charge in [0.25, 0.3) is 5.91 Å². The second-order valence-electron chi connectivity index (χ2n) is 7.90. The highest BCUT2D eigenvalue weighted by atomic mass is 32.2. The fraction of sp³-hybridized carbons (Fsp3) is 0.185. The number of thioether (sulfide) groups is 1. The maximum Gasteiger partial charge on any atom is 0.250 e. The van der Waals surface area contributed by atoms with Crippen molar-refractivity contribution in [3.05, 3.63) is 66.2 Å². The lowest BCUT2D eigenvalue weighted by atomic mass is 10.1. The van der Waals surface area contributed by atoms with E-state index in [0.29, 0.717) is 45.1 Å². The number of nitrogens with one attached hydrogen (secondary N) is 1. The zero-order chi connectivity index (χ0) is 27.8. The topological polar surface area (TPSA) is 129 Å². The molecule has 0 aliphatic rings. The predicted molar refractivity (Wildman–Crippen MR) is 148 cm³/mol. The van der Waals surface area contributed by atoms with Gasteiger partial charge in [-0.25, -0.2) is 5.43 Å². The van der Waals surface area contributed by atoms with Gasteiger partial charge in [-0.15, -0.1) is 10.2 Å². The maximum absolute atomic E-state index is 12.5. The molecule has 0 atom stereocenters. The van der Waals surface area contributed by atoms with Gasteiger partial charge in [0.2, 0.25) is 5.75 Å². The van der Waals surface area contributed by atoms with Crippen molar-refractivity contribution >= 4 is 23.9 Å². The number of carbonyl (C=O) groups is 1. The van der Waals surface area contributed by atoms with Crippen LogP contribution in [-0.2, 0) is 4.79 Å². The van der Waals surface area contributed by atoms with Crippen LogP contribution in [0, 0.1) is 0 Å². The highest BCUT2D eigenvalue weighted by molar-refractivity contribution is 7.99. The van der Waals surface area contributed by atoms with Crippen LogP contribution in [0.4, 0.5) is 0 Å². The molecule has 4 aromatic rings. The molecule has 1 aromatic heterocycles. The SMILES string of the molecule is COc1ccc(O)c(/C=N\NC(=O)CSc2nnc(-c3cc(OC)c(OC)c(OC)c3)n2-c2ccccc2)c1. The molecule has 0 saturated heterocycles. The Morgan fingerprint density at radius 2 is 1.69 bits per heavy atom. The summed E-state index contributed by atoms with van der Waals surface area (Å²) in [6.07, 6.45) is 1.34. The number of phenolic OH excluding ortho intramolecular Hbond substituents is 1. The quantitative estimate of drug-likeness (QED) is 0.162. The summed E-state index contributed by atoms with van der Waals surface area (Å²) in [6.45, 7) is 0. The van der Waals surface area contributed by atoms with E-state index in [4.69, 9.17) is 18.9 Å². The summed E-state index contributed by atoms with van der Waals surface area (Å²) in [7, 11) is 6.14. The molecular formula is C27H27N5O6S. The van der Waals surface area contributed by atoms with Gasteiger partial charge in [-0.3, -0.25) is 9.36 Å². The molecule has 39 heavy (non-hydrogen) atoms. The summed E-state index contributed by atoms with van der Waals surface area (Å²) in [5.41, 5.74) is 4.35. The number of hydrogen-bond donors (Lipinski definition) is 2. The molecule has 0 radical (unpaired) electrons. The van der Waals surface area contributed by atoms with Crippen LogP contribution >= 0.6 is 11.8 Å². The molecule has 0 bridgehead atoms. The minimum atomic E-state index is -0.365. The van der Waals surface area contributed by atoms with Gasteiger partial charge in [0.1, 0.15) is 11.5 Å². The van der Waals surface area contributed by atoms with Gasteiger partial charge in [-0.1, -0.05) is 30.0 Å². The second kappa shape index (κ2) is 12.7. The number of para-hydroxylation sites is 1. The minimum absolute atomic E-state index is 0.0125. The Bertz CT molecular complexity index is 1450. The van der Waals surface area contributed by atoms with E-state index in [2.05, 4.69) is 20.7 Å². The average molecular weight is 550 g/mol. The Morgan fingerprint density at radius 3 is 2.33 bits per heavy atom. The maximum atomic E-state index is 12.5. The third-order valence-electron chi connectivity index (χ3n) is 5.53. The fourth-order valence-electron chi connectivity index (χ4n) is 3.67. The third kappa shape index (κ3) is 6.24. The summed E-state index contributed by atoms with van der Waals surface area (Å²) >= 11 is 1.20. The van der Waals surface area contributed by atoms with E-state index in [0.717, 1.165) is 5.69 Å². The van der Waals surface area contributed by atoms with Gasteiger partial charge < -0.3 is 24.1 Å². The van der Waals surface area contributed by atoms with Crippen molar-refractivity contribution in [1.29, 1.82) is 0 Å². The zero-order valence-corrected chi connectivity index (χ0v) is 22.6. The average Bonchev–Trinajstić information content (AvgIpc) is 3.40. The summed E-state index contributed by atoms with van der Waals surface area (Å²) < 4.78 is 23.4. The van der Waals surface area contributed by atoms with Gasteiger partial charge in [0.15, 0.2) is 22.5 Å². The molecule has 3 aromatic carbocycles. The Balaban J connectivity index is 1.58. The Kier molecular flexibility index (Phi) is 8.90. The van der Waals surface area contributed by atoms with Crippen LogP contribution in [0.5, 0.6) is 28.7 Å². The summed E-state index contributed by atoms with van der Waals surface area (Å²) in [5, 5.41) is 23.2. The van der Waals surface area contributed by atoms with Crippen LogP contribution in [0.25, 0.3) is 17.1 Å². The number of amides is 1. The molecule has 1 amide bonds. The number of hydrazone groups is 1. The van der Waals surface area contributed by atoms with E-state index in [-0.39, 0.29) is 17.4 Å². The summed E-state index contributed by atoms with van der Waals surface area (Å²) in [5.74, 6) is 2.15. The first kappa shape index (κ1) is 27.3. The molecule has 0 saturated carbocycles. The molecule has 0 aliphatic carbocycles. The number of methoxy groups -OCH3 is 4. The number of phenols is 1. The molecule has 4 rings (SSSR count). The first-order chi connectivity index (χ1) is 19.0. The van der Waals surface area contributed by atoms with Crippen LogP contribution in [0.15, 0.2) is 70.9 Å². The molecule has 202 valence electrons. The number of benzene rings is 3. The van der Waals surface area contributed by atoms with Gasteiger partial charge in [-0.2, -0.15) is 5.10 Å². The molecule has 0 fully saturated rings. The second-order valence-corrected chi connectivity index (χ2v) is 8.84. The fourth-order valence-corrected chi connectivity index (χ4v) is 4.41. The van der Waals surface area contributed by atoms with Crippen molar-refractivity contribution in [2.75, 3.05) is 34.2 Å². The van der Waals surface area contributed by atoms with Crippen molar-refractivity contribution in [3.63, 3.8) is 0 Å². The minimum Gasteiger partial charge on any atom is -0.507 e. The van der Waals surface area contributed by atoms with Crippen molar-refractivity contribution in [3.8, 4) is 45.8 Å². The Labute approximate surface area is 229 Å². The van der Waals surface area contributed by atoms with E-state index in [9.17, 15) is 9.90 Å². The molecule has 0 spiro atoms. The number of aromatic nitrogens is 3. The standard InChI is InChI=1S/C27H27N5O6S/c1-35-20-10-11-21(33)18(12-20)15-28-29-24(34)16-39-27-31-30-26(32(27)19-8-6-5-7-9-19)17-13-22(36-2)25(38-4)23(14-17)37-3/h5-15,33H,16H2,1-4H3,(H,29,34)/b28-15-. The van der Waals surface area contributed by atoms with Crippen LogP contribution in [0.1, 0.15) is 5.56 Å². The monoisotopic (exact) mass is 549 g/mol. The lowest BCUT2D eigenvalue weighted by Crippen LogP contribution is -2.20. The predicted octanol–water partition coefficient (Wildman–Crippen LogP) is 3.92. The highest BCUT2D eigenvalue weighted by Gasteiger charge is 2.21. The van der Waals surface area contributed by atoms with Crippen molar-refractivity contribution in [1.82, 2.24) is 20.2 Å². The third-order valence-corrected chi connectivity index (χ3v) is 6.46. The van der Waals surface area contributed by atoms with E-state index < -0.39 is 0 Å². The van der Waals surface area contributed by atoms with Crippen molar-refractivity contribution < 1.29 is 28.8 Å². The normalized spacial score (nSPS) is 10.9. The molecule has 11 nitrogen and oxygen atoms in total. The van der Waals surface area contributed by atoms with E-state index >= 15 is 0 Å².